The highest BCUT2D eigenvalue weighted by Crippen LogP contribution is 2.20. The van der Waals surface area contributed by atoms with Gasteiger partial charge in [-0.05, 0) is 30.2 Å². The fourth-order valence-corrected chi connectivity index (χ4v) is 3.40. The zero-order valence-electron chi connectivity index (χ0n) is 15.6. The quantitative estimate of drug-likeness (QED) is 0.604. The molecule has 27 heavy (non-hydrogen) atoms. The summed E-state index contributed by atoms with van der Waals surface area (Å²) in [6, 6.07) is 16.4. The average molecular weight is 359 g/mol. The van der Waals surface area contributed by atoms with Crippen LogP contribution in [0.4, 0.5) is 5.82 Å². The molecule has 0 aliphatic heterocycles. The summed E-state index contributed by atoms with van der Waals surface area (Å²) in [5, 5.41) is 14.1. The summed E-state index contributed by atoms with van der Waals surface area (Å²) in [7, 11) is 1.83. The van der Waals surface area contributed by atoms with Crippen LogP contribution in [0.2, 0.25) is 0 Å². The smallest absolute Gasteiger partial charge is 0.260 e. The Kier molecular flexibility index (Phi) is 4.24. The second-order valence-electron chi connectivity index (χ2n) is 6.66. The Labute approximate surface area is 157 Å². The van der Waals surface area contributed by atoms with E-state index in [0.717, 1.165) is 5.69 Å². The van der Waals surface area contributed by atoms with Crippen molar-refractivity contribution in [1.29, 1.82) is 0 Å². The first kappa shape index (κ1) is 17.0. The summed E-state index contributed by atoms with van der Waals surface area (Å²) in [5.41, 5.74) is 3.33. The van der Waals surface area contributed by atoms with Crippen LogP contribution in [0.15, 0.2) is 54.7 Å². The number of nitrogens with zero attached hydrogens (tertiary/aromatic N) is 4. The van der Waals surface area contributed by atoms with E-state index >= 15 is 0 Å². The van der Waals surface area contributed by atoms with Crippen LogP contribution in [0.5, 0.6) is 0 Å². The van der Waals surface area contributed by atoms with Crippen molar-refractivity contribution in [2.75, 3.05) is 5.32 Å². The molecule has 0 saturated heterocycles. The first-order chi connectivity index (χ1) is 13.0. The van der Waals surface area contributed by atoms with Crippen LogP contribution in [-0.4, -0.2) is 25.5 Å². The number of nitrogens with one attached hydrogen (secondary N) is 1. The molecule has 0 bridgehead atoms. The van der Waals surface area contributed by atoms with Gasteiger partial charge in [-0.15, -0.1) is 0 Å². The average Bonchev–Trinajstić information content (AvgIpc) is 3.19. The van der Waals surface area contributed by atoms with E-state index in [0.29, 0.717) is 23.6 Å². The molecule has 2 heterocycles. The molecular weight excluding hydrogens is 338 g/mol. The summed E-state index contributed by atoms with van der Waals surface area (Å²) >= 11 is 0. The monoisotopic (exact) mass is 359 g/mol. The van der Waals surface area contributed by atoms with E-state index in [1.165, 1.54) is 16.3 Å². The predicted molar refractivity (Wildman–Crippen MR) is 106 cm³/mol. The molecule has 6 nitrogen and oxygen atoms in total. The van der Waals surface area contributed by atoms with E-state index in [2.05, 4.69) is 45.8 Å². The Morgan fingerprint density at radius 2 is 1.81 bits per heavy atom. The van der Waals surface area contributed by atoms with Gasteiger partial charge in [-0.1, -0.05) is 42.5 Å². The van der Waals surface area contributed by atoms with E-state index in [1.54, 1.807) is 4.68 Å². The minimum atomic E-state index is -0.187. The number of hydrogen-bond acceptors (Lipinski definition) is 3. The number of rotatable bonds is 4. The Hall–Kier alpha value is -3.41. The van der Waals surface area contributed by atoms with Crippen molar-refractivity contribution < 1.29 is 4.79 Å². The minimum absolute atomic E-state index is 0.187. The summed E-state index contributed by atoms with van der Waals surface area (Å²) in [4.78, 5) is 12.6. The highest BCUT2D eigenvalue weighted by Gasteiger charge is 2.18. The molecule has 1 N–H and O–H groups in total. The van der Waals surface area contributed by atoms with Gasteiger partial charge in [0.05, 0.1) is 17.8 Å². The summed E-state index contributed by atoms with van der Waals surface area (Å²) in [6.45, 7) is 4.36. The maximum Gasteiger partial charge on any atom is 0.260 e. The Balaban J connectivity index is 1.54. The molecule has 0 aliphatic carbocycles. The molecule has 136 valence electrons. The van der Waals surface area contributed by atoms with Crippen LogP contribution < -0.4 is 5.32 Å². The van der Waals surface area contributed by atoms with Crippen LogP contribution >= 0.6 is 0 Å². The second kappa shape index (κ2) is 6.72. The van der Waals surface area contributed by atoms with E-state index in [4.69, 9.17) is 0 Å². The summed E-state index contributed by atoms with van der Waals surface area (Å²) in [6.07, 6.45) is 1.88. The molecule has 0 unspecified atom stereocenters. The zero-order chi connectivity index (χ0) is 19.0. The lowest BCUT2D eigenvalue weighted by Crippen LogP contribution is -2.15. The van der Waals surface area contributed by atoms with Crippen LogP contribution in [0.3, 0.4) is 0 Å². The van der Waals surface area contributed by atoms with Crippen molar-refractivity contribution >= 4 is 22.5 Å². The van der Waals surface area contributed by atoms with Crippen molar-refractivity contribution in [2.45, 2.75) is 20.4 Å². The number of fused-ring (bicyclic) bond motifs is 1. The van der Waals surface area contributed by atoms with Gasteiger partial charge in [-0.2, -0.15) is 10.2 Å². The topological polar surface area (TPSA) is 64.7 Å². The van der Waals surface area contributed by atoms with Gasteiger partial charge in [0.15, 0.2) is 5.82 Å². The Bertz CT molecular complexity index is 1130. The summed E-state index contributed by atoms with van der Waals surface area (Å²) in [5.74, 6) is 0.344. The number of hydrogen-bond donors (Lipinski definition) is 1. The van der Waals surface area contributed by atoms with Gasteiger partial charge in [-0.3, -0.25) is 14.2 Å². The van der Waals surface area contributed by atoms with Crippen molar-refractivity contribution in [2.24, 2.45) is 7.05 Å². The molecular formula is C21H21N5O. The zero-order valence-corrected chi connectivity index (χ0v) is 15.6. The predicted octanol–water partition coefficient (Wildman–Crippen LogP) is 3.69. The lowest BCUT2D eigenvalue weighted by molar-refractivity contribution is 0.102. The van der Waals surface area contributed by atoms with Gasteiger partial charge in [0.1, 0.15) is 0 Å². The number of anilines is 1. The number of carbonyl (C=O) groups excluding carboxylic acids is 1. The second-order valence-corrected chi connectivity index (χ2v) is 6.66. The molecule has 0 fully saturated rings. The Morgan fingerprint density at radius 3 is 2.59 bits per heavy atom. The van der Waals surface area contributed by atoms with Crippen molar-refractivity contribution in [1.82, 2.24) is 19.6 Å². The molecule has 2 aromatic heterocycles. The third-order valence-corrected chi connectivity index (χ3v) is 4.83. The molecule has 1 amide bonds. The molecule has 0 atom stereocenters. The van der Waals surface area contributed by atoms with E-state index < -0.39 is 0 Å². The molecule has 4 rings (SSSR count). The number of aromatic nitrogens is 4. The first-order valence-electron chi connectivity index (χ1n) is 8.84. The standard InChI is InChI=1S/C21H21N5O/c1-14-20(15(2)25(3)23-14)21(27)22-19-11-12-26(24-19)13-17-9-6-8-16-7-4-5-10-18(16)17/h4-12H,13H2,1-3H3,(H,22,24,27). The van der Waals surface area contributed by atoms with E-state index in [9.17, 15) is 4.79 Å². The van der Waals surface area contributed by atoms with Crippen molar-refractivity contribution in [3.63, 3.8) is 0 Å². The molecule has 0 aliphatic rings. The van der Waals surface area contributed by atoms with E-state index in [-0.39, 0.29) is 5.91 Å². The third-order valence-electron chi connectivity index (χ3n) is 4.83. The molecule has 4 aromatic rings. The SMILES string of the molecule is Cc1nn(C)c(C)c1C(=O)Nc1ccn(Cc2cccc3ccccc23)n1. The maximum absolute atomic E-state index is 12.6. The first-order valence-corrected chi connectivity index (χ1v) is 8.84. The maximum atomic E-state index is 12.6. The largest absolute Gasteiger partial charge is 0.305 e. The van der Waals surface area contributed by atoms with Crippen molar-refractivity contribution in [3.8, 4) is 0 Å². The lowest BCUT2D eigenvalue weighted by atomic mass is 10.0. The number of aryl methyl sites for hydroxylation is 2. The molecule has 0 saturated carbocycles. The molecule has 6 heteroatoms. The summed E-state index contributed by atoms with van der Waals surface area (Å²) < 4.78 is 3.55. The number of carbonyl (C=O) groups is 1. The highest BCUT2D eigenvalue weighted by atomic mass is 16.1. The van der Waals surface area contributed by atoms with Crippen LogP contribution in [0.1, 0.15) is 27.3 Å². The van der Waals surface area contributed by atoms with Gasteiger partial charge in [-0.25, -0.2) is 0 Å². The third kappa shape index (κ3) is 3.21. The van der Waals surface area contributed by atoms with Gasteiger partial charge in [0.2, 0.25) is 0 Å². The number of benzene rings is 2. The van der Waals surface area contributed by atoms with Gasteiger partial charge < -0.3 is 5.32 Å². The highest BCUT2D eigenvalue weighted by molar-refractivity contribution is 6.05. The molecule has 0 spiro atoms. The Morgan fingerprint density at radius 1 is 1.04 bits per heavy atom. The van der Waals surface area contributed by atoms with Gasteiger partial charge in [0, 0.05) is 25.0 Å². The number of amides is 1. The van der Waals surface area contributed by atoms with Gasteiger partial charge in [0.25, 0.3) is 5.91 Å². The molecule has 0 radical (unpaired) electrons. The fraction of sp³-hybridized carbons (Fsp3) is 0.190. The fourth-order valence-electron chi connectivity index (χ4n) is 3.40. The van der Waals surface area contributed by atoms with Crippen LogP contribution in [0, 0.1) is 13.8 Å². The normalized spacial score (nSPS) is 11.1. The van der Waals surface area contributed by atoms with E-state index in [1.807, 2.05) is 50.0 Å². The van der Waals surface area contributed by atoms with Crippen molar-refractivity contribution in [3.05, 3.63) is 77.2 Å². The van der Waals surface area contributed by atoms with Gasteiger partial charge >= 0.3 is 0 Å². The molecule has 2 aromatic carbocycles. The lowest BCUT2D eigenvalue weighted by Gasteiger charge is -2.07. The van der Waals surface area contributed by atoms with Crippen LogP contribution in [-0.2, 0) is 13.6 Å². The van der Waals surface area contributed by atoms with Crippen LogP contribution in [0.25, 0.3) is 10.8 Å². The minimum Gasteiger partial charge on any atom is -0.305 e.